The normalized spacial score (nSPS) is 12.2. The zero-order chi connectivity index (χ0) is 23.0. The van der Waals surface area contributed by atoms with Gasteiger partial charge in [0.1, 0.15) is 16.8 Å². The summed E-state index contributed by atoms with van der Waals surface area (Å²) in [4.78, 5) is 25.8. The van der Waals surface area contributed by atoms with Crippen LogP contribution in [0.2, 0.25) is 0 Å². The van der Waals surface area contributed by atoms with Crippen molar-refractivity contribution in [1.82, 2.24) is 15.4 Å². The first-order valence-electron chi connectivity index (χ1n) is 9.83. The molecule has 1 atom stereocenters. The summed E-state index contributed by atoms with van der Waals surface area (Å²) >= 11 is 1.11. The lowest BCUT2D eigenvalue weighted by Gasteiger charge is -2.19. The quantitative estimate of drug-likeness (QED) is 0.467. The number of hydrogen-bond acceptors (Lipinski definition) is 6. The second kappa shape index (κ2) is 11.0. The number of nitrogens with zero attached hydrogens (tertiary/aromatic N) is 1. The Hall–Kier alpha value is -2.74. The van der Waals surface area contributed by atoms with Crippen LogP contribution in [0.15, 0.2) is 40.6 Å². The van der Waals surface area contributed by atoms with Gasteiger partial charge in [-0.15, -0.1) is 11.3 Å². The predicted octanol–water partition coefficient (Wildman–Crippen LogP) is 2.50. The third kappa shape index (κ3) is 6.89. The standard InChI is InChI=1S/C21H26N4O4S2/c1-4-24-31(28,29)19-9-8-18(30-19)15-6-5-7-16(13-15)20(26)25-17(12-14(2)3)21(27)23-11-10-22/h5-9,13-14,17,24H,4,11-12H2,1-3H3,(H,23,27)(H,25,26)/t17-/m0/s1. The molecule has 166 valence electrons. The van der Waals surface area contributed by atoms with Gasteiger partial charge in [-0.1, -0.05) is 32.9 Å². The van der Waals surface area contributed by atoms with E-state index in [9.17, 15) is 18.0 Å². The molecule has 10 heteroatoms. The zero-order valence-electron chi connectivity index (χ0n) is 17.6. The Bertz CT molecular complexity index is 1070. The van der Waals surface area contributed by atoms with Crippen molar-refractivity contribution in [3.05, 3.63) is 42.0 Å². The number of hydrogen-bond donors (Lipinski definition) is 3. The topological polar surface area (TPSA) is 128 Å². The highest BCUT2D eigenvalue weighted by molar-refractivity contribution is 7.91. The molecule has 1 aromatic heterocycles. The molecule has 2 rings (SSSR count). The van der Waals surface area contributed by atoms with Crippen LogP contribution < -0.4 is 15.4 Å². The molecule has 0 radical (unpaired) electrons. The molecule has 0 fully saturated rings. The average Bonchev–Trinajstić information content (AvgIpc) is 3.22. The van der Waals surface area contributed by atoms with Crippen LogP contribution in [0, 0.1) is 17.2 Å². The number of rotatable bonds is 10. The van der Waals surface area contributed by atoms with Gasteiger partial charge in [0.05, 0.1) is 6.07 Å². The lowest BCUT2D eigenvalue weighted by atomic mass is 10.0. The Kier molecular flexibility index (Phi) is 8.74. The van der Waals surface area contributed by atoms with Crippen LogP contribution in [0.3, 0.4) is 0 Å². The number of benzene rings is 1. The van der Waals surface area contributed by atoms with E-state index < -0.39 is 27.9 Å². The van der Waals surface area contributed by atoms with Crippen molar-refractivity contribution >= 4 is 33.2 Å². The van der Waals surface area contributed by atoms with Crippen molar-refractivity contribution in [3.63, 3.8) is 0 Å². The van der Waals surface area contributed by atoms with Crippen molar-refractivity contribution in [2.45, 2.75) is 37.4 Å². The van der Waals surface area contributed by atoms with Gasteiger partial charge < -0.3 is 10.6 Å². The zero-order valence-corrected chi connectivity index (χ0v) is 19.3. The van der Waals surface area contributed by atoms with E-state index in [1.165, 1.54) is 6.07 Å². The summed E-state index contributed by atoms with van der Waals surface area (Å²) in [5.74, 6) is -0.666. The minimum absolute atomic E-state index is 0.130. The molecule has 0 aliphatic rings. The lowest BCUT2D eigenvalue weighted by molar-refractivity contribution is -0.123. The molecular formula is C21H26N4O4S2. The fourth-order valence-electron chi connectivity index (χ4n) is 2.89. The fourth-order valence-corrected chi connectivity index (χ4v) is 5.28. The number of sulfonamides is 1. The van der Waals surface area contributed by atoms with Gasteiger partial charge in [-0.05, 0) is 42.2 Å². The first-order valence-corrected chi connectivity index (χ1v) is 12.1. The Balaban J connectivity index is 2.22. The highest BCUT2D eigenvalue weighted by Crippen LogP contribution is 2.31. The molecule has 0 bridgehead atoms. The molecule has 1 heterocycles. The fraction of sp³-hybridized carbons (Fsp3) is 0.381. The Morgan fingerprint density at radius 2 is 1.94 bits per heavy atom. The van der Waals surface area contributed by atoms with Gasteiger partial charge in [-0.3, -0.25) is 9.59 Å². The van der Waals surface area contributed by atoms with Gasteiger partial charge in [0.15, 0.2) is 0 Å². The van der Waals surface area contributed by atoms with Crippen molar-refractivity contribution in [2.24, 2.45) is 5.92 Å². The van der Waals surface area contributed by atoms with E-state index in [2.05, 4.69) is 15.4 Å². The van der Waals surface area contributed by atoms with Crippen molar-refractivity contribution in [3.8, 4) is 16.5 Å². The second-order valence-electron chi connectivity index (χ2n) is 7.23. The molecule has 0 saturated heterocycles. The molecule has 0 aliphatic carbocycles. The highest BCUT2D eigenvalue weighted by Gasteiger charge is 2.23. The summed E-state index contributed by atoms with van der Waals surface area (Å²) in [6, 6.07) is 11.1. The van der Waals surface area contributed by atoms with Crippen LogP contribution in [-0.4, -0.2) is 39.4 Å². The molecule has 0 saturated carbocycles. The number of carbonyl (C=O) groups excluding carboxylic acids is 2. The van der Waals surface area contributed by atoms with E-state index in [-0.39, 0.29) is 16.7 Å². The van der Waals surface area contributed by atoms with Gasteiger partial charge in [0, 0.05) is 17.0 Å². The van der Waals surface area contributed by atoms with Crippen LogP contribution in [0.1, 0.15) is 37.6 Å². The van der Waals surface area contributed by atoms with E-state index in [1.54, 1.807) is 37.3 Å². The van der Waals surface area contributed by atoms with Crippen molar-refractivity contribution in [2.75, 3.05) is 13.1 Å². The molecule has 8 nitrogen and oxygen atoms in total. The van der Waals surface area contributed by atoms with E-state index in [1.807, 2.05) is 19.9 Å². The number of amides is 2. The summed E-state index contributed by atoms with van der Waals surface area (Å²) in [6.07, 6.45) is 0.430. The smallest absolute Gasteiger partial charge is 0.251 e. The SMILES string of the molecule is CCNS(=O)(=O)c1ccc(-c2cccc(C(=O)N[C@@H](CC(C)C)C(=O)NCC#N)c2)s1. The largest absolute Gasteiger partial charge is 0.341 e. The third-order valence-corrected chi connectivity index (χ3v) is 7.43. The van der Waals surface area contributed by atoms with Crippen LogP contribution in [0.4, 0.5) is 0 Å². The van der Waals surface area contributed by atoms with Crippen molar-refractivity contribution < 1.29 is 18.0 Å². The highest BCUT2D eigenvalue weighted by atomic mass is 32.2. The maximum Gasteiger partial charge on any atom is 0.251 e. The molecule has 2 amide bonds. The molecule has 1 aromatic carbocycles. The Morgan fingerprint density at radius 1 is 1.19 bits per heavy atom. The van der Waals surface area contributed by atoms with E-state index in [0.29, 0.717) is 29.0 Å². The number of thiophene rings is 1. The molecule has 3 N–H and O–H groups in total. The average molecular weight is 463 g/mol. The maximum atomic E-state index is 12.8. The molecule has 31 heavy (non-hydrogen) atoms. The number of carbonyl (C=O) groups is 2. The van der Waals surface area contributed by atoms with Gasteiger partial charge in [-0.2, -0.15) is 5.26 Å². The summed E-state index contributed by atoms with van der Waals surface area (Å²) < 4.78 is 27.0. The minimum atomic E-state index is -3.55. The van der Waals surface area contributed by atoms with E-state index in [0.717, 1.165) is 11.3 Å². The Labute approximate surface area is 186 Å². The first kappa shape index (κ1) is 24.5. The summed E-state index contributed by atoms with van der Waals surface area (Å²) in [6.45, 7) is 5.75. The predicted molar refractivity (Wildman–Crippen MR) is 120 cm³/mol. The van der Waals surface area contributed by atoms with Gasteiger partial charge in [0.25, 0.3) is 5.91 Å². The maximum absolute atomic E-state index is 12.8. The van der Waals surface area contributed by atoms with Crippen LogP contribution in [-0.2, 0) is 14.8 Å². The molecule has 0 unspecified atom stereocenters. The van der Waals surface area contributed by atoms with Crippen LogP contribution in [0.5, 0.6) is 0 Å². The summed E-state index contributed by atoms with van der Waals surface area (Å²) in [5, 5.41) is 13.9. The van der Waals surface area contributed by atoms with Crippen LogP contribution >= 0.6 is 11.3 Å². The summed E-state index contributed by atoms with van der Waals surface area (Å²) in [5.41, 5.74) is 1.05. The Morgan fingerprint density at radius 3 is 2.58 bits per heavy atom. The number of nitrogens with one attached hydrogen (secondary N) is 3. The van der Waals surface area contributed by atoms with Gasteiger partial charge in [-0.25, -0.2) is 13.1 Å². The minimum Gasteiger partial charge on any atom is -0.341 e. The van der Waals surface area contributed by atoms with Crippen LogP contribution in [0.25, 0.3) is 10.4 Å². The van der Waals surface area contributed by atoms with Crippen molar-refractivity contribution in [1.29, 1.82) is 5.26 Å². The third-order valence-electron chi connectivity index (χ3n) is 4.26. The van der Waals surface area contributed by atoms with E-state index in [4.69, 9.17) is 5.26 Å². The molecular weight excluding hydrogens is 436 g/mol. The van der Waals surface area contributed by atoms with Gasteiger partial charge >= 0.3 is 0 Å². The van der Waals surface area contributed by atoms with E-state index >= 15 is 0 Å². The first-order chi connectivity index (χ1) is 14.7. The monoisotopic (exact) mass is 462 g/mol. The molecule has 0 spiro atoms. The summed E-state index contributed by atoms with van der Waals surface area (Å²) in [7, 11) is -3.55. The second-order valence-corrected chi connectivity index (χ2v) is 10.3. The van der Waals surface area contributed by atoms with Gasteiger partial charge in [0.2, 0.25) is 15.9 Å². The number of nitriles is 1. The molecule has 2 aromatic rings. The lowest BCUT2D eigenvalue weighted by Crippen LogP contribution is -2.47. The molecule has 0 aliphatic heterocycles.